The van der Waals surface area contributed by atoms with Gasteiger partial charge in [0, 0.05) is 23.7 Å². The van der Waals surface area contributed by atoms with E-state index in [1.807, 2.05) is 70.2 Å². The van der Waals surface area contributed by atoms with Crippen molar-refractivity contribution in [2.24, 2.45) is 5.92 Å². The molecule has 0 radical (unpaired) electrons. The molecule has 5 heteroatoms. The minimum atomic E-state index is -0.204. The van der Waals surface area contributed by atoms with Crippen molar-refractivity contribution in [1.82, 2.24) is 9.78 Å². The number of para-hydroxylation sites is 1. The van der Waals surface area contributed by atoms with E-state index in [-0.39, 0.29) is 23.4 Å². The molecule has 0 spiro atoms. The highest BCUT2D eigenvalue weighted by molar-refractivity contribution is 6.12. The van der Waals surface area contributed by atoms with Gasteiger partial charge in [-0.1, -0.05) is 50.2 Å². The van der Waals surface area contributed by atoms with Crippen LogP contribution >= 0.6 is 0 Å². The van der Waals surface area contributed by atoms with Crippen molar-refractivity contribution in [1.29, 1.82) is 0 Å². The molecule has 0 saturated heterocycles. The molecule has 0 saturated carbocycles. The Balaban J connectivity index is 2.21. The number of rotatable bonds is 5. The summed E-state index contributed by atoms with van der Waals surface area (Å²) in [5.74, 6) is 0.0412. The highest BCUT2D eigenvalue weighted by atomic mass is 16.2. The second-order valence-electron chi connectivity index (χ2n) is 7.38. The number of aromatic nitrogens is 2. The van der Waals surface area contributed by atoms with Crippen LogP contribution in [0.2, 0.25) is 0 Å². The van der Waals surface area contributed by atoms with Crippen molar-refractivity contribution in [2.45, 2.75) is 40.3 Å². The zero-order chi connectivity index (χ0) is 19.6. The molecule has 0 fully saturated rings. The maximum absolute atomic E-state index is 13.5. The normalized spacial score (nSPS) is 11.3. The molecule has 0 atom stereocenters. The van der Waals surface area contributed by atoms with E-state index in [0.29, 0.717) is 23.0 Å². The van der Waals surface area contributed by atoms with Crippen LogP contribution in [-0.2, 0) is 6.54 Å². The van der Waals surface area contributed by atoms with E-state index in [4.69, 9.17) is 0 Å². The molecule has 5 nitrogen and oxygen atoms in total. The fraction of sp³-hybridized carbons (Fsp3) is 0.318. The Morgan fingerprint density at radius 3 is 2.15 bits per heavy atom. The Bertz CT molecular complexity index is 1010. The third-order valence-electron chi connectivity index (χ3n) is 4.38. The molecule has 140 valence electrons. The fourth-order valence-corrected chi connectivity index (χ4v) is 3.22. The van der Waals surface area contributed by atoms with Crippen molar-refractivity contribution in [3.63, 3.8) is 0 Å². The first kappa shape index (κ1) is 18.8. The van der Waals surface area contributed by atoms with Gasteiger partial charge in [0.05, 0.1) is 5.39 Å². The molecule has 3 rings (SSSR count). The Morgan fingerprint density at radius 1 is 0.963 bits per heavy atom. The third-order valence-corrected chi connectivity index (χ3v) is 4.38. The average molecular weight is 363 g/mol. The molecular weight excluding hydrogens is 338 g/mol. The van der Waals surface area contributed by atoms with Crippen molar-refractivity contribution in [3.8, 4) is 0 Å². The van der Waals surface area contributed by atoms with Crippen LogP contribution in [0.25, 0.3) is 10.8 Å². The zero-order valence-corrected chi connectivity index (χ0v) is 16.2. The van der Waals surface area contributed by atoms with Crippen LogP contribution in [0.3, 0.4) is 0 Å². The molecule has 0 unspecified atom stereocenters. The standard InChI is InChI=1S/C22H25N3O2/c1-15(2)14-24-21(26)19-13-9-8-12-18(19)20(23-24)22(27)25(16(3)4)17-10-6-5-7-11-17/h5-13,15-16H,14H2,1-4H3. The van der Waals surface area contributed by atoms with Gasteiger partial charge in [-0.3, -0.25) is 9.59 Å². The van der Waals surface area contributed by atoms with E-state index in [9.17, 15) is 9.59 Å². The van der Waals surface area contributed by atoms with Gasteiger partial charge in [-0.25, -0.2) is 4.68 Å². The van der Waals surface area contributed by atoms with Crippen LogP contribution in [-0.4, -0.2) is 21.7 Å². The van der Waals surface area contributed by atoms with Gasteiger partial charge in [-0.15, -0.1) is 0 Å². The molecule has 1 heterocycles. The van der Waals surface area contributed by atoms with E-state index < -0.39 is 0 Å². The first-order chi connectivity index (χ1) is 12.9. The third kappa shape index (κ3) is 3.77. The second kappa shape index (κ2) is 7.74. The second-order valence-corrected chi connectivity index (χ2v) is 7.38. The number of hydrogen-bond acceptors (Lipinski definition) is 3. The summed E-state index contributed by atoms with van der Waals surface area (Å²) in [5.41, 5.74) is 0.958. The molecule has 27 heavy (non-hydrogen) atoms. The van der Waals surface area contributed by atoms with Crippen LogP contribution in [0.5, 0.6) is 0 Å². The minimum Gasteiger partial charge on any atom is -0.304 e. The number of carbonyl (C=O) groups excluding carboxylic acids is 1. The lowest BCUT2D eigenvalue weighted by Gasteiger charge is -2.27. The van der Waals surface area contributed by atoms with Crippen molar-refractivity contribution in [2.75, 3.05) is 4.90 Å². The molecule has 3 aromatic rings. The molecular formula is C22H25N3O2. The van der Waals surface area contributed by atoms with E-state index in [2.05, 4.69) is 5.10 Å². The molecule has 1 amide bonds. The van der Waals surface area contributed by atoms with Gasteiger partial charge in [0.2, 0.25) is 0 Å². The molecule has 0 bridgehead atoms. The number of nitrogens with zero attached hydrogens (tertiary/aromatic N) is 3. The number of anilines is 1. The summed E-state index contributed by atoms with van der Waals surface area (Å²) < 4.78 is 1.42. The lowest BCUT2D eigenvalue weighted by Crippen LogP contribution is -2.39. The summed E-state index contributed by atoms with van der Waals surface area (Å²) in [5, 5.41) is 5.60. The highest BCUT2D eigenvalue weighted by Gasteiger charge is 2.25. The highest BCUT2D eigenvalue weighted by Crippen LogP contribution is 2.22. The molecule has 0 aliphatic rings. The predicted molar refractivity (Wildman–Crippen MR) is 109 cm³/mol. The summed E-state index contributed by atoms with van der Waals surface area (Å²) >= 11 is 0. The number of fused-ring (bicyclic) bond motifs is 1. The van der Waals surface area contributed by atoms with Crippen LogP contribution < -0.4 is 10.5 Å². The Labute approximate surface area is 159 Å². The predicted octanol–water partition coefficient (Wildman–Crippen LogP) is 4.11. The minimum absolute atomic E-state index is 0.0501. The summed E-state index contributed by atoms with van der Waals surface area (Å²) in [6, 6.07) is 16.7. The maximum Gasteiger partial charge on any atom is 0.279 e. The van der Waals surface area contributed by atoms with Crippen LogP contribution in [0.15, 0.2) is 59.4 Å². The monoisotopic (exact) mass is 363 g/mol. The average Bonchev–Trinajstić information content (AvgIpc) is 2.64. The van der Waals surface area contributed by atoms with E-state index >= 15 is 0 Å². The lowest BCUT2D eigenvalue weighted by atomic mass is 10.1. The number of carbonyl (C=O) groups is 1. The molecule has 0 aliphatic carbocycles. The van der Waals surface area contributed by atoms with E-state index in [1.165, 1.54) is 4.68 Å². The Morgan fingerprint density at radius 2 is 1.56 bits per heavy atom. The molecule has 1 aromatic heterocycles. The van der Waals surface area contributed by atoms with Gasteiger partial charge in [0.25, 0.3) is 11.5 Å². The lowest BCUT2D eigenvalue weighted by molar-refractivity contribution is 0.0974. The number of benzene rings is 2. The first-order valence-corrected chi connectivity index (χ1v) is 9.28. The topological polar surface area (TPSA) is 55.2 Å². The van der Waals surface area contributed by atoms with Gasteiger partial charge >= 0.3 is 0 Å². The number of hydrogen-bond donors (Lipinski definition) is 0. The quantitative estimate of drug-likeness (QED) is 0.685. The summed E-state index contributed by atoms with van der Waals surface area (Å²) in [4.78, 5) is 28.0. The van der Waals surface area contributed by atoms with E-state index in [0.717, 1.165) is 5.69 Å². The van der Waals surface area contributed by atoms with Crippen molar-refractivity contribution >= 4 is 22.4 Å². The SMILES string of the molecule is CC(C)Cn1nc(C(=O)N(c2ccccc2)C(C)C)c2ccccc2c1=O. The summed E-state index contributed by atoms with van der Waals surface area (Å²) in [6.07, 6.45) is 0. The number of amides is 1. The van der Waals surface area contributed by atoms with Crippen LogP contribution in [0, 0.1) is 5.92 Å². The smallest absolute Gasteiger partial charge is 0.279 e. The van der Waals surface area contributed by atoms with Crippen molar-refractivity contribution < 1.29 is 4.79 Å². The largest absolute Gasteiger partial charge is 0.304 e. The van der Waals surface area contributed by atoms with Gasteiger partial charge in [-0.2, -0.15) is 5.10 Å². The fourth-order valence-electron chi connectivity index (χ4n) is 3.22. The first-order valence-electron chi connectivity index (χ1n) is 9.28. The van der Waals surface area contributed by atoms with E-state index in [1.54, 1.807) is 17.0 Å². The summed E-state index contributed by atoms with van der Waals surface area (Å²) in [7, 11) is 0. The Kier molecular flexibility index (Phi) is 5.40. The zero-order valence-electron chi connectivity index (χ0n) is 16.2. The van der Waals surface area contributed by atoms with Gasteiger partial charge in [0.15, 0.2) is 5.69 Å². The molecule has 2 aromatic carbocycles. The van der Waals surface area contributed by atoms with Crippen LogP contribution in [0.1, 0.15) is 38.2 Å². The molecule has 0 aliphatic heterocycles. The Hall–Kier alpha value is -2.95. The van der Waals surface area contributed by atoms with Gasteiger partial charge < -0.3 is 4.90 Å². The maximum atomic E-state index is 13.5. The van der Waals surface area contributed by atoms with Gasteiger partial charge in [-0.05, 0) is 38.0 Å². The van der Waals surface area contributed by atoms with Crippen molar-refractivity contribution in [3.05, 3.63) is 70.6 Å². The van der Waals surface area contributed by atoms with Gasteiger partial charge in [0.1, 0.15) is 0 Å². The molecule has 0 N–H and O–H groups in total. The summed E-state index contributed by atoms with van der Waals surface area (Å²) in [6.45, 7) is 8.45. The van der Waals surface area contributed by atoms with Crippen LogP contribution in [0.4, 0.5) is 5.69 Å².